The number of aromatic amines is 2. The maximum absolute atomic E-state index is 5.44. The third-order valence-corrected chi connectivity index (χ3v) is 18.5. The van der Waals surface area contributed by atoms with Crippen LogP contribution in [0, 0.1) is 0 Å². The van der Waals surface area contributed by atoms with Crippen molar-refractivity contribution in [3.63, 3.8) is 0 Å². The Balaban J connectivity index is 1.32. The third kappa shape index (κ3) is 11.5. The highest BCUT2D eigenvalue weighted by Crippen LogP contribution is 2.40. The molecule has 16 nitrogen and oxygen atoms in total. The molecule has 4 aromatic carbocycles. The maximum Gasteiger partial charge on any atom is 0.307 e. The normalized spacial score (nSPS) is 11.6. The molecule has 8 bridgehead atoms. The number of fused-ring (bicyclic) bond motifs is 20. The fourth-order valence-electron chi connectivity index (χ4n) is 9.57. The molecule has 0 amide bonds. The van der Waals surface area contributed by atoms with E-state index < -0.39 is 0 Å². The molecule has 2 N–H and O–H groups in total. The van der Waals surface area contributed by atoms with E-state index in [2.05, 4.69) is 233 Å². The van der Waals surface area contributed by atoms with Gasteiger partial charge in [0.15, 0.2) is 23.3 Å². The van der Waals surface area contributed by atoms with E-state index in [1.807, 2.05) is 0 Å². The minimum Gasteiger partial charge on any atom is -0.324 e. The molecule has 0 radical (unpaired) electrons. The van der Waals surface area contributed by atoms with E-state index in [0.29, 0.717) is 45.9 Å². The molecule has 0 saturated carbocycles. The first-order valence-corrected chi connectivity index (χ1v) is 28.9. The molecule has 0 spiro atoms. The van der Waals surface area contributed by atoms with Crippen LogP contribution in [0.2, 0.25) is 0 Å². The highest BCUT2D eigenvalue weighted by Gasteiger charge is 2.26. The summed E-state index contributed by atoms with van der Waals surface area (Å²) in [6.07, 6.45) is 0. The molecule has 394 valence electrons. The minimum absolute atomic E-state index is 0.549. The van der Waals surface area contributed by atoms with Crippen molar-refractivity contribution in [2.75, 3.05) is 113 Å². The van der Waals surface area contributed by atoms with Crippen LogP contribution in [0.15, 0.2) is 72.8 Å². The lowest BCUT2D eigenvalue weighted by Crippen LogP contribution is -2.26. The van der Waals surface area contributed by atoms with Crippen LogP contribution in [0.25, 0.3) is 89.7 Å². The van der Waals surface area contributed by atoms with Crippen molar-refractivity contribution < 1.29 is 18.3 Å². The van der Waals surface area contributed by atoms with Gasteiger partial charge in [0, 0.05) is 66.8 Å². The molecule has 0 atom stereocenters. The van der Waals surface area contributed by atoms with Crippen LogP contribution in [-0.4, -0.2) is 211 Å². The van der Waals surface area contributed by atoms with Gasteiger partial charge in [-0.05, 0) is 93.6 Å². The van der Waals surface area contributed by atoms with Crippen molar-refractivity contribution >= 4 is 112 Å². The quantitative estimate of drug-likeness (QED) is 0.0855. The number of aromatic nitrogens is 8. The predicted octanol–water partition coefficient (Wildman–Crippen LogP) is 8.56. The lowest BCUT2D eigenvalue weighted by molar-refractivity contribution is -0.466. The number of nitrogens with one attached hydrogen (secondary N) is 2. The van der Waals surface area contributed by atoms with Crippen molar-refractivity contribution in [1.29, 1.82) is 0 Å². The molecule has 5 heterocycles. The molecule has 0 aliphatic carbocycles. The maximum atomic E-state index is 5.44. The Morgan fingerprint density at radius 2 is 0.618 bits per heavy atom. The number of H-pyrrole nitrogens is 2. The first kappa shape index (κ1) is 54.3. The topological polar surface area (TPSA) is 134 Å². The molecule has 9 rings (SSSR count). The standard InChI is InChI=1S/C56H70N16S4/c1-65(2)53(66(3)4)73-29-33-17-21-37-41(25-33)49-58-45(37)57-46-38-22-18-34(30-74-54(67(5)6)68(7)8)26-42(38)50(59-46)61-48-40-24-20-36(32-76-56(71(13)14)72(15)16)28-44(40)52(63-48)64-51-43-27-35(19-23-39(43)47(60-49)62-51)31-75-55(69(9)10)70(11)12/h17-28H,29-32H2,1-16H3,(H2,57,58,59,60,61,62,63,64)/q+4. The summed E-state index contributed by atoms with van der Waals surface area (Å²) in [6.45, 7) is 0. The van der Waals surface area contributed by atoms with E-state index in [-0.39, 0.29) is 0 Å². The van der Waals surface area contributed by atoms with Gasteiger partial charge in [0.1, 0.15) is 22.6 Å². The Bertz CT molecular complexity index is 3480. The summed E-state index contributed by atoms with van der Waals surface area (Å²) in [6, 6.07) is 26.3. The lowest BCUT2D eigenvalue weighted by atomic mass is 10.0. The van der Waals surface area contributed by atoms with Crippen LogP contribution >= 0.6 is 47.0 Å². The van der Waals surface area contributed by atoms with Gasteiger partial charge >= 0.3 is 20.7 Å². The highest BCUT2D eigenvalue weighted by molar-refractivity contribution is 8.13. The number of hydrogen-bond donors (Lipinski definition) is 2. The largest absolute Gasteiger partial charge is 0.324 e. The SMILES string of the molecule is CN(C)C(SCc1ccc2c(c1)-c1nc3nc(nc4[nH]c(nc5[nH]c(nc-2n1)c1cc(CSC(N(C)C)=[N+](C)C)ccc51)c1ccc(CSC(N(C)C)=[N+](C)C)cc41)-c1ccc(CSC(N(C)C)=[N+](C)C)cc1-3)=[N+](C)C. The second-order valence-corrected chi connectivity index (χ2v) is 24.3. The number of hydrogen-bond acceptors (Lipinski definition) is 10. The van der Waals surface area contributed by atoms with Gasteiger partial charge in [0.05, 0.1) is 113 Å². The van der Waals surface area contributed by atoms with Gasteiger partial charge in [0.25, 0.3) is 0 Å². The summed E-state index contributed by atoms with van der Waals surface area (Å²) in [7, 11) is 33.3. The van der Waals surface area contributed by atoms with Gasteiger partial charge in [-0.1, -0.05) is 48.5 Å². The van der Waals surface area contributed by atoms with E-state index in [4.69, 9.17) is 29.9 Å². The molecule has 2 aliphatic rings. The Kier molecular flexibility index (Phi) is 16.2. The zero-order valence-corrected chi connectivity index (χ0v) is 49.9. The van der Waals surface area contributed by atoms with Crippen molar-refractivity contribution in [2.45, 2.75) is 23.0 Å². The molecule has 76 heavy (non-hydrogen) atoms. The van der Waals surface area contributed by atoms with Gasteiger partial charge in [-0.15, -0.1) is 0 Å². The van der Waals surface area contributed by atoms with Crippen LogP contribution < -0.4 is 0 Å². The second-order valence-electron chi connectivity index (χ2n) is 20.6. The van der Waals surface area contributed by atoms with Crippen LogP contribution in [-0.2, 0) is 23.0 Å². The number of amidine groups is 4. The Morgan fingerprint density at radius 1 is 0.342 bits per heavy atom. The second kappa shape index (κ2) is 22.6. The fraction of sp³-hybridized carbons (Fsp3) is 0.357. The highest BCUT2D eigenvalue weighted by atomic mass is 32.2. The molecule has 0 saturated heterocycles. The van der Waals surface area contributed by atoms with Gasteiger partial charge in [-0.2, -0.15) is 0 Å². The number of nitrogens with zero attached hydrogens (tertiary/aromatic N) is 14. The smallest absolute Gasteiger partial charge is 0.307 e. The molecule has 0 unspecified atom stereocenters. The summed E-state index contributed by atoms with van der Waals surface area (Å²) < 4.78 is 8.61. The summed E-state index contributed by atoms with van der Waals surface area (Å²) in [5.74, 6) is 5.27. The molecular weight excluding hydrogens is 1020 g/mol. The van der Waals surface area contributed by atoms with E-state index in [1.54, 1.807) is 47.0 Å². The van der Waals surface area contributed by atoms with E-state index >= 15 is 0 Å². The Labute approximate surface area is 463 Å². The number of benzene rings is 4. The van der Waals surface area contributed by atoms with Crippen LogP contribution in [0.4, 0.5) is 0 Å². The zero-order chi connectivity index (χ0) is 54.3. The van der Waals surface area contributed by atoms with Gasteiger partial charge in [0.2, 0.25) is 0 Å². The Morgan fingerprint density at radius 3 is 0.921 bits per heavy atom. The monoisotopic (exact) mass is 1090 g/mol. The van der Waals surface area contributed by atoms with Crippen molar-refractivity contribution in [3.05, 3.63) is 95.1 Å². The fourth-order valence-corrected chi connectivity index (χ4v) is 13.5. The van der Waals surface area contributed by atoms with Gasteiger partial charge in [-0.25, -0.2) is 29.9 Å². The predicted molar refractivity (Wildman–Crippen MR) is 324 cm³/mol. The number of rotatable bonds is 8. The average molecular weight is 1100 g/mol. The summed E-state index contributed by atoms with van der Waals surface area (Å²) in [5.41, 5.74) is 10.9. The average Bonchev–Trinajstić information content (AvgIpc) is 4.08. The zero-order valence-electron chi connectivity index (χ0n) is 46.7. The molecule has 3 aromatic heterocycles. The van der Waals surface area contributed by atoms with Crippen LogP contribution in [0.1, 0.15) is 22.3 Å². The summed E-state index contributed by atoms with van der Waals surface area (Å²) in [5, 5.41) is 8.44. The summed E-state index contributed by atoms with van der Waals surface area (Å²) >= 11 is 7.18. The van der Waals surface area contributed by atoms with Crippen molar-refractivity contribution in [1.82, 2.24) is 59.5 Å². The Hall–Kier alpha value is -6.48. The van der Waals surface area contributed by atoms with Gasteiger partial charge < -0.3 is 9.97 Å². The molecule has 20 heteroatoms. The van der Waals surface area contributed by atoms with Crippen molar-refractivity contribution in [2.24, 2.45) is 0 Å². The van der Waals surface area contributed by atoms with Gasteiger partial charge in [-0.3, -0.25) is 37.9 Å². The lowest BCUT2D eigenvalue weighted by Gasteiger charge is -2.11. The molecule has 2 aliphatic heterocycles. The molecule has 0 fully saturated rings. The van der Waals surface area contributed by atoms with E-state index in [0.717, 1.165) is 110 Å². The van der Waals surface area contributed by atoms with Crippen LogP contribution in [0.3, 0.4) is 0 Å². The molecule has 7 aromatic rings. The first-order chi connectivity index (χ1) is 36.2. The number of thioether (sulfide) groups is 4. The minimum atomic E-state index is 0.549. The molecular formula is C56H70N16S4+4. The van der Waals surface area contributed by atoms with E-state index in [1.165, 1.54) is 0 Å². The summed E-state index contributed by atoms with van der Waals surface area (Å²) in [4.78, 5) is 48.4. The van der Waals surface area contributed by atoms with E-state index in [9.17, 15) is 0 Å². The third-order valence-electron chi connectivity index (χ3n) is 12.6. The van der Waals surface area contributed by atoms with Crippen molar-refractivity contribution in [3.8, 4) is 45.6 Å². The first-order valence-electron chi connectivity index (χ1n) is 25.0. The van der Waals surface area contributed by atoms with Crippen LogP contribution in [0.5, 0.6) is 0 Å².